The quantitative estimate of drug-likeness (QED) is 0.357. The van der Waals surface area contributed by atoms with Crippen LogP contribution >= 0.6 is 47.8 Å². The van der Waals surface area contributed by atoms with E-state index in [4.69, 9.17) is 0 Å². The van der Waals surface area contributed by atoms with Crippen molar-refractivity contribution in [1.82, 2.24) is 20.4 Å². The number of hydrogen-bond acceptors (Lipinski definition) is 6. The molecule has 0 saturated carbocycles. The summed E-state index contributed by atoms with van der Waals surface area (Å²) in [6.07, 6.45) is 0. The van der Waals surface area contributed by atoms with Gasteiger partial charge in [-0.25, -0.2) is 0 Å². The number of nitro groups is 1. The molecule has 3 rings (SSSR count). The minimum atomic E-state index is -0.431. The summed E-state index contributed by atoms with van der Waals surface area (Å²) in [4.78, 5) is 10.4. The molecule has 0 spiro atoms. The highest BCUT2D eigenvalue weighted by atomic mass is 79.9. The summed E-state index contributed by atoms with van der Waals surface area (Å²) in [5, 5.41) is 25.9. The molecule has 1 aromatic carbocycles. The maximum absolute atomic E-state index is 10.8. The average Bonchev–Trinajstić information content (AvgIpc) is 2.59. The van der Waals surface area contributed by atoms with Crippen molar-refractivity contribution >= 4 is 53.5 Å². The topological polar surface area (TPSA) is 94.7 Å². The number of hydrogen-bond donors (Lipinski definition) is 0. The van der Waals surface area contributed by atoms with Gasteiger partial charge >= 0.3 is 0 Å². The van der Waals surface area contributed by atoms with E-state index in [0.29, 0.717) is 15.9 Å². The van der Waals surface area contributed by atoms with Gasteiger partial charge in [-0.05, 0) is 78.1 Å². The average molecular weight is 518 g/mol. The Kier molecular flexibility index (Phi) is 6.88. The summed E-state index contributed by atoms with van der Waals surface area (Å²) in [6, 6.07) is 13.4. The smallest absolute Gasteiger partial charge is 0.258 e. The van der Waals surface area contributed by atoms with Crippen molar-refractivity contribution in [1.29, 1.82) is 0 Å². The van der Waals surface area contributed by atoms with E-state index in [-0.39, 0.29) is 5.69 Å². The van der Waals surface area contributed by atoms with Gasteiger partial charge in [-0.15, -0.1) is 20.4 Å². The number of halogens is 3. The molecule has 0 atom stereocenters. The Bertz CT molecular complexity index is 808. The third kappa shape index (κ3) is 5.39. The van der Waals surface area contributed by atoms with Crippen molar-refractivity contribution in [3.05, 3.63) is 72.5 Å². The van der Waals surface area contributed by atoms with Crippen LogP contribution in [0.2, 0.25) is 0 Å². The molecular formula is C14H8Br3N5O2. The van der Waals surface area contributed by atoms with Gasteiger partial charge in [0, 0.05) is 6.07 Å². The Balaban J connectivity index is 0.000000219. The van der Waals surface area contributed by atoms with E-state index in [0.717, 1.165) is 9.21 Å². The second-order valence-electron chi connectivity index (χ2n) is 4.19. The maximum Gasteiger partial charge on any atom is 0.278 e. The van der Waals surface area contributed by atoms with Crippen LogP contribution in [0.3, 0.4) is 0 Å². The summed E-state index contributed by atoms with van der Waals surface area (Å²) in [5.41, 5.74) is 0.974. The van der Waals surface area contributed by atoms with Crippen LogP contribution in [0.4, 0.5) is 5.69 Å². The highest BCUT2D eigenvalue weighted by Gasteiger charge is 2.15. The lowest BCUT2D eigenvalue weighted by molar-refractivity contribution is -0.384. The SMILES string of the molecule is Brc1ccc(Br)nn1.O=[N+]([O-])c1ccccc1-c1ccc(Br)nn1. The molecule has 0 radical (unpaired) electrons. The zero-order chi connectivity index (χ0) is 17.5. The fourth-order valence-electron chi connectivity index (χ4n) is 1.61. The first-order valence-corrected chi connectivity index (χ1v) is 8.73. The third-order valence-electron chi connectivity index (χ3n) is 2.61. The summed E-state index contributed by atoms with van der Waals surface area (Å²) in [5.74, 6) is 0. The first-order valence-electron chi connectivity index (χ1n) is 6.35. The van der Waals surface area contributed by atoms with Crippen LogP contribution in [-0.4, -0.2) is 25.3 Å². The van der Waals surface area contributed by atoms with E-state index in [2.05, 4.69) is 68.2 Å². The molecule has 2 heterocycles. The molecule has 3 aromatic rings. The highest BCUT2D eigenvalue weighted by Crippen LogP contribution is 2.27. The Morgan fingerprint density at radius 3 is 1.71 bits per heavy atom. The van der Waals surface area contributed by atoms with Crippen LogP contribution in [0.5, 0.6) is 0 Å². The Hall–Kier alpha value is -1.78. The van der Waals surface area contributed by atoms with Gasteiger partial charge in [0.25, 0.3) is 5.69 Å². The molecule has 0 amide bonds. The first kappa shape index (κ1) is 18.6. The van der Waals surface area contributed by atoms with Crippen LogP contribution in [0.15, 0.2) is 62.3 Å². The van der Waals surface area contributed by atoms with Crippen molar-refractivity contribution in [3.63, 3.8) is 0 Å². The second-order valence-corrected chi connectivity index (χ2v) is 6.63. The number of para-hydroxylation sites is 1. The van der Waals surface area contributed by atoms with E-state index < -0.39 is 4.92 Å². The predicted molar refractivity (Wildman–Crippen MR) is 99.3 cm³/mol. The van der Waals surface area contributed by atoms with Crippen molar-refractivity contribution in [2.45, 2.75) is 0 Å². The normalized spacial score (nSPS) is 9.79. The van der Waals surface area contributed by atoms with Crippen molar-refractivity contribution in [2.24, 2.45) is 0 Å². The van der Waals surface area contributed by atoms with E-state index >= 15 is 0 Å². The van der Waals surface area contributed by atoms with Crippen LogP contribution in [0, 0.1) is 10.1 Å². The summed E-state index contributed by atoms with van der Waals surface area (Å²) in [6.45, 7) is 0. The fraction of sp³-hybridized carbons (Fsp3) is 0. The van der Waals surface area contributed by atoms with E-state index in [1.54, 1.807) is 30.3 Å². The Morgan fingerprint density at radius 1 is 0.750 bits per heavy atom. The first-order chi connectivity index (χ1) is 11.5. The third-order valence-corrected chi connectivity index (χ3v) is 3.88. The van der Waals surface area contributed by atoms with Gasteiger partial charge in [-0.2, -0.15) is 0 Å². The molecule has 0 aliphatic carbocycles. The Labute approximate surface area is 162 Å². The van der Waals surface area contributed by atoms with Gasteiger partial charge in [0.15, 0.2) is 0 Å². The molecule has 24 heavy (non-hydrogen) atoms. The number of rotatable bonds is 2. The number of aromatic nitrogens is 4. The number of nitro benzene ring substituents is 1. The van der Waals surface area contributed by atoms with Crippen LogP contribution < -0.4 is 0 Å². The van der Waals surface area contributed by atoms with Crippen LogP contribution in [0.25, 0.3) is 11.3 Å². The van der Waals surface area contributed by atoms with Gasteiger partial charge in [0.1, 0.15) is 13.8 Å². The highest BCUT2D eigenvalue weighted by molar-refractivity contribution is 9.11. The molecule has 0 unspecified atom stereocenters. The molecule has 0 N–H and O–H groups in total. The molecule has 2 aromatic heterocycles. The van der Waals surface area contributed by atoms with Crippen LogP contribution in [0.1, 0.15) is 0 Å². The lowest BCUT2D eigenvalue weighted by Gasteiger charge is -2.00. The van der Waals surface area contributed by atoms with Crippen molar-refractivity contribution in [3.8, 4) is 11.3 Å². The van der Waals surface area contributed by atoms with Crippen molar-refractivity contribution in [2.75, 3.05) is 0 Å². The lowest BCUT2D eigenvalue weighted by Crippen LogP contribution is -1.94. The largest absolute Gasteiger partial charge is 0.278 e. The second kappa shape index (κ2) is 8.90. The predicted octanol–water partition coefficient (Wildman–Crippen LogP) is 4.82. The molecule has 0 fully saturated rings. The monoisotopic (exact) mass is 515 g/mol. The van der Waals surface area contributed by atoms with E-state index in [1.165, 1.54) is 6.07 Å². The van der Waals surface area contributed by atoms with Gasteiger partial charge in [-0.1, -0.05) is 12.1 Å². The molecule has 7 nitrogen and oxygen atoms in total. The molecular weight excluding hydrogens is 510 g/mol. The zero-order valence-corrected chi connectivity index (χ0v) is 16.6. The molecule has 0 bridgehead atoms. The minimum Gasteiger partial charge on any atom is -0.258 e. The molecule has 0 aliphatic heterocycles. The standard InChI is InChI=1S/C10H6BrN3O2.C4H2Br2N2/c11-10-6-5-8(12-13-10)7-3-1-2-4-9(7)14(15)16;5-3-1-2-4(6)8-7-3/h1-6H;1-2H. The maximum atomic E-state index is 10.8. The van der Waals surface area contributed by atoms with E-state index in [9.17, 15) is 10.1 Å². The molecule has 0 saturated heterocycles. The van der Waals surface area contributed by atoms with Gasteiger partial charge in [-0.3, -0.25) is 10.1 Å². The molecule has 10 heteroatoms. The summed E-state index contributed by atoms with van der Waals surface area (Å²) < 4.78 is 2.09. The summed E-state index contributed by atoms with van der Waals surface area (Å²) in [7, 11) is 0. The molecule has 0 aliphatic rings. The van der Waals surface area contributed by atoms with Crippen LogP contribution in [-0.2, 0) is 0 Å². The lowest BCUT2D eigenvalue weighted by atomic mass is 10.1. The number of benzene rings is 1. The van der Waals surface area contributed by atoms with E-state index in [1.807, 2.05) is 12.1 Å². The van der Waals surface area contributed by atoms with Crippen molar-refractivity contribution < 1.29 is 4.92 Å². The van der Waals surface area contributed by atoms with Gasteiger partial charge in [0.05, 0.1) is 16.2 Å². The van der Waals surface area contributed by atoms with Gasteiger partial charge in [0.2, 0.25) is 0 Å². The zero-order valence-electron chi connectivity index (χ0n) is 11.8. The Morgan fingerprint density at radius 2 is 1.25 bits per heavy atom. The summed E-state index contributed by atoms with van der Waals surface area (Å²) >= 11 is 9.46. The molecule has 122 valence electrons. The fourth-order valence-corrected chi connectivity index (χ4v) is 2.24. The van der Waals surface area contributed by atoms with Gasteiger partial charge < -0.3 is 0 Å². The number of nitrogens with zero attached hydrogens (tertiary/aromatic N) is 5. The minimum absolute atomic E-state index is 0.0270.